The molecule has 2 N–H and O–H groups in total. The SMILES string of the molecule is Cc1cc(C[N@+]2(C(=O)O)CCC(N3CCc4ccccc4NC3=O)CC2(CC=O)N2CCC(C3CCN(C)CC3)CC2)cc(C)c1Cl. The molecule has 10 heteroatoms. The van der Waals surface area contributed by atoms with E-state index in [-0.39, 0.29) is 29.5 Å². The molecule has 0 aromatic heterocycles. The zero-order valence-corrected chi connectivity index (χ0v) is 29.0. The molecule has 0 radical (unpaired) electrons. The van der Waals surface area contributed by atoms with Crippen LogP contribution in [0.15, 0.2) is 36.4 Å². The number of carboxylic acid groups (broad SMARTS) is 1. The van der Waals surface area contributed by atoms with Gasteiger partial charge in [-0.1, -0.05) is 29.8 Å². The lowest BCUT2D eigenvalue weighted by Crippen LogP contribution is -2.78. The number of fused-ring (bicyclic) bond motifs is 1. The first-order valence-corrected chi connectivity index (χ1v) is 17.8. The van der Waals surface area contributed by atoms with E-state index < -0.39 is 11.8 Å². The normalized spacial score (nSPS) is 28.4. The predicted octanol–water partition coefficient (Wildman–Crippen LogP) is 6.54. The number of hydrogen-bond donors (Lipinski definition) is 2. The van der Waals surface area contributed by atoms with Crippen LogP contribution in [0.25, 0.3) is 0 Å². The number of hydrogen-bond acceptors (Lipinski definition) is 5. The zero-order valence-electron chi connectivity index (χ0n) is 28.2. The summed E-state index contributed by atoms with van der Waals surface area (Å²) in [5, 5.41) is 15.1. The van der Waals surface area contributed by atoms with Crippen LogP contribution in [0.5, 0.6) is 0 Å². The summed E-state index contributed by atoms with van der Waals surface area (Å²) in [6, 6.07) is 11.6. The van der Waals surface area contributed by atoms with Crippen LogP contribution in [-0.2, 0) is 17.8 Å². The van der Waals surface area contributed by atoms with Gasteiger partial charge in [-0.25, -0.2) is 9.28 Å². The Labute approximate surface area is 284 Å². The van der Waals surface area contributed by atoms with Gasteiger partial charge in [0.05, 0.1) is 13.0 Å². The molecule has 3 atom stereocenters. The number of para-hydroxylation sites is 1. The standard InChI is InChI=1S/C37H50ClN5O4/c1-26-22-28(23-27(2)34(26)38)25-43(36(46)47)20-13-32(42-19-12-31-6-4-5-7-33(31)39-35(42)45)24-37(43,14-21-44)41-17-10-30(11-18-41)29-8-15-40(3)16-9-29/h4-7,21-23,29-30,32H,8-20,24-25H2,1-3H3,(H-,39,45,46,47)/p+1/t32?,37?,43-/m0/s1. The zero-order chi connectivity index (χ0) is 33.3. The average molecular weight is 665 g/mol. The second-order valence-corrected chi connectivity index (χ2v) is 15.0. The van der Waals surface area contributed by atoms with Crippen molar-refractivity contribution >= 4 is 35.7 Å². The Balaban J connectivity index is 1.36. The summed E-state index contributed by atoms with van der Waals surface area (Å²) in [4.78, 5) is 47.1. The van der Waals surface area contributed by atoms with E-state index >= 15 is 0 Å². The maximum atomic E-state index is 13.9. The number of quaternary nitrogens is 1. The van der Waals surface area contributed by atoms with Gasteiger partial charge in [-0.3, -0.25) is 4.90 Å². The maximum absolute atomic E-state index is 13.9. The Kier molecular flexibility index (Phi) is 10.0. The van der Waals surface area contributed by atoms with E-state index in [4.69, 9.17) is 11.6 Å². The number of rotatable bonds is 7. The number of likely N-dealkylation sites (tertiary alicyclic amines) is 3. The van der Waals surface area contributed by atoms with Crippen LogP contribution in [-0.4, -0.2) is 101 Å². The third-order valence-electron chi connectivity index (χ3n) is 12.1. The van der Waals surface area contributed by atoms with Gasteiger partial charge in [0.2, 0.25) is 0 Å². The van der Waals surface area contributed by atoms with Crippen molar-refractivity contribution in [2.45, 2.75) is 83.5 Å². The molecule has 0 spiro atoms. The minimum atomic E-state index is -1.00. The fourth-order valence-corrected chi connectivity index (χ4v) is 9.56. The highest BCUT2D eigenvalue weighted by molar-refractivity contribution is 6.32. The number of carbonyl (C=O) groups is 3. The average Bonchev–Trinajstić information content (AvgIpc) is 3.23. The first-order valence-electron chi connectivity index (χ1n) is 17.5. The molecule has 2 unspecified atom stereocenters. The number of amides is 3. The second-order valence-electron chi connectivity index (χ2n) is 14.7. The van der Waals surface area contributed by atoms with Gasteiger partial charge in [-0.05, 0) is 113 Å². The summed E-state index contributed by atoms with van der Waals surface area (Å²) >= 11 is 6.55. The molecule has 0 aliphatic carbocycles. The fourth-order valence-electron chi connectivity index (χ4n) is 9.45. The Bertz CT molecular complexity index is 1460. The van der Waals surface area contributed by atoms with E-state index in [0.29, 0.717) is 42.8 Å². The fraction of sp³-hybridized carbons (Fsp3) is 0.595. The molecule has 4 aliphatic heterocycles. The number of aldehydes is 1. The van der Waals surface area contributed by atoms with Crippen LogP contribution < -0.4 is 5.32 Å². The van der Waals surface area contributed by atoms with Gasteiger partial charge in [0, 0.05) is 54.8 Å². The molecule has 254 valence electrons. The van der Waals surface area contributed by atoms with Gasteiger partial charge >= 0.3 is 12.1 Å². The predicted molar refractivity (Wildman–Crippen MR) is 185 cm³/mol. The smallest absolute Gasteiger partial charge is 0.435 e. The van der Waals surface area contributed by atoms with E-state index in [1.807, 2.05) is 55.1 Å². The molecule has 4 heterocycles. The summed E-state index contributed by atoms with van der Waals surface area (Å²) in [7, 11) is 2.19. The second kappa shape index (κ2) is 13.9. The minimum absolute atomic E-state index is 0.0932. The number of anilines is 1. The van der Waals surface area contributed by atoms with Crippen LogP contribution >= 0.6 is 11.6 Å². The van der Waals surface area contributed by atoms with E-state index in [2.05, 4.69) is 22.2 Å². The third-order valence-corrected chi connectivity index (χ3v) is 12.7. The number of halogens is 1. The van der Waals surface area contributed by atoms with E-state index in [1.165, 1.54) is 12.8 Å². The van der Waals surface area contributed by atoms with Gasteiger partial charge in [-0.15, -0.1) is 0 Å². The summed E-state index contributed by atoms with van der Waals surface area (Å²) in [6.07, 6.45) is 6.20. The lowest BCUT2D eigenvalue weighted by atomic mass is 9.76. The van der Waals surface area contributed by atoms with Crippen LogP contribution in [0.2, 0.25) is 5.02 Å². The van der Waals surface area contributed by atoms with E-state index in [0.717, 1.165) is 79.7 Å². The molecule has 3 fully saturated rings. The largest absolute Gasteiger partial charge is 0.515 e. The highest BCUT2D eigenvalue weighted by Gasteiger charge is 2.64. The van der Waals surface area contributed by atoms with Gasteiger partial charge in [0.15, 0.2) is 5.66 Å². The van der Waals surface area contributed by atoms with E-state index in [1.54, 1.807) is 0 Å². The van der Waals surface area contributed by atoms with Crippen molar-refractivity contribution in [2.75, 3.05) is 51.6 Å². The molecule has 6 rings (SSSR count). The first-order chi connectivity index (χ1) is 22.6. The van der Waals surface area contributed by atoms with Crippen LogP contribution in [0.1, 0.15) is 67.2 Å². The van der Waals surface area contributed by atoms with Crippen molar-refractivity contribution in [2.24, 2.45) is 11.8 Å². The van der Waals surface area contributed by atoms with Crippen molar-refractivity contribution in [1.29, 1.82) is 0 Å². The van der Waals surface area contributed by atoms with Crippen molar-refractivity contribution in [3.05, 3.63) is 63.7 Å². The molecule has 3 amide bonds. The van der Waals surface area contributed by atoms with Crippen molar-refractivity contribution in [3.63, 3.8) is 0 Å². The number of carbonyl (C=O) groups excluding carboxylic acids is 2. The molecule has 2 aromatic rings. The molecule has 9 nitrogen and oxygen atoms in total. The van der Waals surface area contributed by atoms with Crippen LogP contribution in [0.4, 0.5) is 15.3 Å². The summed E-state index contributed by atoms with van der Waals surface area (Å²) in [5.74, 6) is 1.30. The number of aryl methyl sites for hydroxylation is 2. The lowest BCUT2D eigenvalue weighted by Gasteiger charge is -2.59. The Morgan fingerprint density at radius 1 is 1.02 bits per heavy atom. The number of nitrogens with zero attached hydrogens (tertiary/aromatic N) is 4. The molecule has 3 saturated heterocycles. The van der Waals surface area contributed by atoms with Gasteiger partial charge in [-0.2, -0.15) is 4.79 Å². The summed E-state index contributed by atoms with van der Waals surface area (Å²) in [5.41, 5.74) is 3.66. The molecule has 0 bridgehead atoms. The molecule has 4 aliphatic rings. The van der Waals surface area contributed by atoms with Gasteiger partial charge < -0.3 is 25.0 Å². The molecular weight excluding hydrogens is 614 g/mol. The van der Waals surface area contributed by atoms with Crippen molar-refractivity contribution < 1.29 is 24.0 Å². The van der Waals surface area contributed by atoms with Crippen LogP contribution in [0, 0.1) is 25.7 Å². The number of benzene rings is 2. The summed E-state index contributed by atoms with van der Waals surface area (Å²) in [6.45, 7) is 8.79. The first kappa shape index (κ1) is 33.9. The number of urea groups is 1. The summed E-state index contributed by atoms with van der Waals surface area (Å²) < 4.78 is -0.253. The monoisotopic (exact) mass is 664 g/mol. The number of nitrogens with one attached hydrogen (secondary N) is 1. The molecule has 2 aromatic carbocycles. The Hall–Kier alpha value is -2.98. The van der Waals surface area contributed by atoms with Gasteiger partial charge in [0.25, 0.3) is 0 Å². The van der Waals surface area contributed by atoms with E-state index in [9.17, 15) is 19.5 Å². The van der Waals surface area contributed by atoms with Crippen LogP contribution in [0.3, 0.4) is 0 Å². The molecule has 0 saturated carbocycles. The minimum Gasteiger partial charge on any atom is -0.435 e. The topological polar surface area (TPSA) is 93.2 Å². The highest BCUT2D eigenvalue weighted by Crippen LogP contribution is 2.47. The lowest BCUT2D eigenvalue weighted by molar-refractivity contribution is -0.942. The Morgan fingerprint density at radius 3 is 2.30 bits per heavy atom. The van der Waals surface area contributed by atoms with Gasteiger partial charge in [0.1, 0.15) is 12.8 Å². The number of piperidine rings is 3. The van der Waals surface area contributed by atoms with Crippen molar-refractivity contribution in [1.82, 2.24) is 14.7 Å². The maximum Gasteiger partial charge on any atom is 0.515 e. The quantitative estimate of drug-likeness (QED) is 0.258. The highest BCUT2D eigenvalue weighted by atomic mass is 35.5. The Morgan fingerprint density at radius 2 is 1.66 bits per heavy atom. The molecule has 47 heavy (non-hydrogen) atoms. The third kappa shape index (κ3) is 6.44. The molecular formula is C37H51ClN5O4+. The van der Waals surface area contributed by atoms with Crippen molar-refractivity contribution in [3.8, 4) is 0 Å².